The number of pyridine rings is 1. The second-order valence-electron chi connectivity index (χ2n) is 6.08. The Morgan fingerprint density at radius 2 is 1.55 bits per heavy atom. The van der Waals surface area contributed by atoms with Crippen LogP contribution in [0.15, 0.2) is 84.5 Å². The molecule has 1 radical (unpaired) electrons. The third kappa shape index (κ3) is 5.21. The molecule has 2 aromatic carbocycles. The van der Waals surface area contributed by atoms with Gasteiger partial charge in [0, 0.05) is 25.8 Å². The Morgan fingerprint density at radius 1 is 0.793 bits per heavy atom. The van der Waals surface area contributed by atoms with Crippen LogP contribution >= 0.6 is 11.3 Å². The van der Waals surface area contributed by atoms with Crippen LogP contribution in [-0.2, 0) is 20.1 Å². The quantitative estimate of drug-likeness (QED) is 0.244. The first-order valence-electron chi connectivity index (χ1n) is 8.87. The van der Waals surface area contributed by atoms with Gasteiger partial charge in [0.25, 0.3) is 0 Å². The van der Waals surface area contributed by atoms with Crippen LogP contribution in [0.3, 0.4) is 0 Å². The second kappa shape index (κ2) is 10.2. The average Bonchev–Trinajstić information content (AvgIpc) is 3.24. The molecular weight excluding hydrogens is 555 g/mol. The Balaban J connectivity index is 0.000000162. The first-order chi connectivity index (χ1) is 13.8. The second-order valence-corrected chi connectivity index (χ2v) is 6.97. The predicted octanol–water partition coefficient (Wildman–Crippen LogP) is 6.01. The molecule has 0 saturated heterocycles. The molecule has 0 aliphatic rings. The smallest absolute Gasteiger partial charge is 0.117 e. The van der Waals surface area contributed by atoms with E-state index in [-0.39, 0.29) is 20.1 Å². The van der Waals surface area contributed by atoms with E-state index in [1.54, 1.807) is 17.7 Å². The van der Waals surface area contributed by atoms with Crippen molar-refractivity contribution in [3.05, 3.63) is 102 Å². The van der Waals surface area contributed by atoms with E-state index in [1.807, 2.05) is 79.0 Å². The van der Waals surface area contributed by atoms with Crippen molar-refractivity contribution in [3.63, 3.8) is 0 Å². The van der Waals surface area contributed by atoms with Crippen molar-refractivity contribution in [1.82, 2.24) is 15.0 Å². The Labute approximate surface area is 187 Å². The average molecular weight is 572 g/mol. The zero-order valence-electron chi connectivity index (χ0n) is 15.7. The minimum atomic E-state index is 0. The van der Waals surface area contributed by atoms with Crippen molar-refractivity contribution in [2.24, 2.45) is 0 Å². The van der Waals surface area contributed by atoms with E-state index in [0.29, 0.717) is 0 Å². The summed E-state index contributed by atoms with van der Waals surface area (Å²) in [6.07, 6.45) is 1.61. The fraction of sp³-hybridized carbons (Fsp3) is 0.0417. The fourth-order valence-electron chi connectivity index (χ4n) is 2.79. The summed E-state index contributed by atoms with van der Waals surface area (Å²) in [5.41, 5.74) is 5.05. The number of aromatic nitrogens is 3. The molecule has 0 saturated carbocycles. The monoisotopic (exact) mass is 572 g/mol. The third-order valence-electron chi connectivity index (χ3n) is 4.10. The summed E-state index contributed by atoms with van der Waals surface area (Å²) in [6, 6.07) is 30.1. The van der Waals surface area contributed by atoms with Gasteiger partial charge in [-0.25, -0.2) is 4.98 Å². The van der Waals surface area contributed by atoms with Gasteiger partial charge in [0.1, 0.15) is 11.2 Å². The molecule has 3 nitrogen and oxygen atoms in total. The van der Waals surface area contributed by atoms with Gasteiger partial charge in [0.2, 0.25) is 0 Å². The Kier molecular flexibility index (Phi) is 7.36. The van der Waals surface area contributed by atoms with Crippen molar-refractivity contribution in [2.45, 2.75) is 6.92 Å². The third-order valence-corrected chi connectivity index (χ3v) is 4.92. The van der Waals surface area contributed by atoms with Crippen LogP contribution in [-0.4, -0.2) is 15.0 Å². The van der Waals surface area contributed by atoms with Crippen LogP contribution in [0, 0.1) is 19.1 Å². The molecule has 5 heteroatoms. The first-order valence-corrected chi connectivity index (χ1v) is 9.75. The summed E-state index contributed by atoms with van der Waals surface area (Å²) in [6.45, 7) is 1.99. The van der Waals surface area contributed by atoms with E-state index < -0.39 is 0 Å². The van der Waals surface area contributed by atoms with E-state index in [0.717, 1.165) is 38.4 Å². The van der Waals surface area contributed by atoms with Gasteiger partial charge in [-0.15, -0.1) is 83.1 Å². The summed E-state index contributed by atoms with van der Waals surface area (Å²) >= 11 is 1.63. The van der Waals surface area contributed by atoms with Crippen molar-refractivity contribution < 1.29 is 20.1 Å². The van der Waals surface area contributed by atoms with Gasteiger partial charge in [0.05, 0.1) is 0 Å². The molecule has 29 heavy (non-hydrogen) atoms. The number of rotatable bonds is 2. The number of hydrogen-bond donors (Lipinski definition) is 0. The van der Waals surface area contributed by atoms with Crippen molar-refractivity contribution in [1.29, 1.82) is 0 Å². The summed E-state index contributed by atoms with van der Waals surface area (Å²) in [7, 11) is 0. The fourth-order valence-corrected chi connectivity index (χ4v) is 3.52. The molecule has 0 amide bonds. The number of benzene rings is 2. The maximum atomic E-state index is 4.41. The van der Waals surface area contributed by atoms with Gasteiger partial charge >= 0.3 is 0 Å². The Hall–Kier alpha value is -2.72. The molecule has 0 bridgehead atoms. The zero-order valence-corrected chi connectivity index (χ0v) is 18.9. The molecule has 0 spiro atoms. The molecule has 5 aromatic rings. The minimum absolute atomic E-state index is 0. The maximum absolute atomic E-state index is 4.41. The van der Waals surface area contributed by atoms with Crippen LogP contribution in [0.1, 0.15) is 5.69 Å². The topological polar surface area (TPSA) is 38.7 Å². The molecule has 0 N–H and O–H groups in total. The molecule has 3 aromatic heterocycles. The summed E-state index contributed by atoms with van der Waals surface area (Å²) < 4.78 is 0. The van der Waals surface area contributed by atoms with Crippen LogP contribution in [0.4, 0.5) is 0 Å². The molecular formula is C24H17IrN3S-2. The Bertz CT molecular complexity index is 1170. The number of nitrogens with zero attached hydrogens (tertiary/aromatic N) is 3. The SMILES string of the molecule is Cc1cccc(-c2[c-]cccc2)n1.[Ir].[c-]1ccccc1-c1ncnc2sccc12. The molecule has 3 heterocycles. The van der Waals surface area contributed by atoms with Crippen LogP contribution in [0.5, 0.6) is 0 Å². The molecule has 0 aliphatic carbocycles. The molecule has 0 aliphatic heterocycles. The first kappa shape index (κ1) is 21.0. The van der Waals surface area contributed by atoms with E-state index in [4.69, 9.17) is 0 Å². The van der Waals surface area contributed by atoms with Gasteiger partial charge in [-0.05, 0) is 41.2 Å². The van der Waals surface area contributed by atoms with E-state index in [9.17, 15) is 0 Å². The zero-order chi connectivity index (χ0) is 19.2. The van der Waals surface area contributed by atoms with E-state index in [1.165, 1.54) is 0 Å². The number of thiophene rings is 1. The Morgan fingerprint density at radius 3 is 2.24 bits per heavy atom. The standard InChI is InChI=1S/C12H7N2S.C12H10N.Ir/c1-2-4-9(5-3-1)11-10-6-7-15-12(10)14-8-13-11;1-10-6-5-9-12(13-10)11-7-3-2-4-8-11;/h1-4,6-8H;2-7,9H,1H3;/q2*-1;. The van der Waals surface area contributed by atoms with Gasteiger partial charge in [-0.1, -0.05) is 12.1 Å². The maximum Gasteiger partial charge on any atom is 0.117 e. The normalized spacial score (nSPS) is 9.97. The summed E-state index contributed by atoms with van der Waals surface area (Å²) in [5.74, 6) is 0. The van der Waals surface area contributed by atoms with Crippen LogP contribution in [0.25, 0.3) is 32.7 Å². The van der Waals surface area contributed by atoms with Crippen LogP contribution < -0.4 is 0 Å². The summed E-state index contributed by atoms with van der Waals surface area (Å²) in [5, 5.41) is 3.14. The van der Waals surface area contributed by atoms with E-state index >= 15 is 0 Å². The molecule has 5 rings (SSSR count). The van der Waals surface area contributed by atoms with Gasteiger partial charge in [-0.3, -0.25) is 4.98 Å². The number of hydrogen-bond acceptors (Lipinski definition) is 4. The number of fused-ring (bicyclic) bond motifs is 1. The van der Waals surface area contributed by atoms with Crippen LogP contribution in [0.2, 0.25) is 0 Å². The van der Waals surface area contributed by atoms with Crippen molar-refractivity contribution >= 4 is 21.6 Å². The molecule has 0 fully saturated rings. The summed E-state index contributed by atoms with van der Waals surface area (Å²) in [4.78, 5) is 14.0. The molecule has 0 atom stereocenters. The number of aryl methyl sites for hydroxylation is 1. The largest absolute Gasteiger partial charge is 0.302 e. The van der Waals surface area contributed by atoms with E-state index in [2.05, 4.69) is 33.2 Å². The van der Waals surface area contributed by atoms with Gasteiger partial charge in [-0.2, -0.15) is 0 Å². The molecule has 145 valence electrons. The predicted molar refractivity (Wildman–Crippen MR) is 115 cm³/mol. The minimum Gasteiger partial charge on any atom is -0.302 e. The van der Waals surface area contributed by atoms with Gasteiger partial charge < -0.3 is 4.98 Å². The molecule has 0 unspecified atom stereocenters. The van der Waals surface area contributed by atoms with Crippen molar-refractivity contribution in [3.8, 4) is 22.5 Å². The van der Waals surface area contributed by atoms with Crippen molar-refractivity contribution in [2.75, 3.05) is 0 Å². The van der Waals surface area contributed by atoms with Gasteiger partial charge in [0.15, 0.2) is 0 Å².